The van der Waals surface area contributed by atoms with Crippen LogP contribution in [0.2, 0.25) is 0 Å². The molecule has 0 saturated carbocycles. The van der Waals surface area contributed by atoms with Crippen molar-refractivity contribution < 1.29 is 0 Å². The minimum atomic E-state index is 0.251. The van der Waals surface area contributed by atoms with E-state index in [0.717, 1.165) is 17.7 Å². The number of hydrogen-bond donors (Lipinski definition) is 2. The minimum absolute atomic E-state index is 0.251. The highest BCUT2D eigenvalue weighted by molar-refractivity contribution is 7.19. The first-order chi connectivity index (χ1) is 13.8. The lowest BCUT2D eigenvalue weighted by Crippen LogP contribution is -2.14. The van der Waals surface area contributed by atoms with Gasteiger partial charge in [-0.05, 0) is 53.0 Å². The normalized spacial score (nSPS) is 15.9. The molecule has 0 amide bonds. The fourth-order valence-corrected chi connectivity index (χ4v) is 5.23. The fraction of sp³-hybridized carbons (Fsp3) is 0.120. The summed E-state index contributed by atoms with van der Waals surface area (Å²) >= 11 is 1.90. The van der Waals surface area contributed by atoms with Gasteiger partial charge in [0.15, 0.2) is 0 Å². The van der Waals surface area contributed by atoms with Crippen LogP contribution in [0.25, 0.3) is 21.7 Å². The molecule has 1 unspecified atom stereocenters. The van der Waals surface area contributed by atoms with Crippen molar-refractivity contribution in [3.63, 3.8) is 0 Å². The van der Waals surface area contributed by atoms with Crippen molar-refractivity contribution in [2.24, 2.45) is 5.73 Å². The van der Waals surface area contributed by atoms with Crippen LogP contribution in [0.1, 0.15) is 34.0 Å². The Morgan fingerprint density at radius 3 is 2.61 bits per heavy atom. The van der Waals surface area contributed by atoms with E-state index in [1.807, 2.05) is 11.3 Å². The van der Waals surface area contributed by atoms with Gasteiger partial charge >= 0.3 is 0 Å². The van der Waals surface area contributed by atoms with Gasteiger partial charge in [0, 0.05) is 27.2 Å². The quantitative estimate of drug-likeness (QED) is 0.425. The first kappa shape index (κ1) is 17.2. The van der Waals surface area contributed by atoms with E-state index in [1.54, 1.807) is 0 Å². The number of rotatable bonds is 4. The predicted octanol–water partition coefficient (Wildman–Crippen LogP) is 6.46. The van der Waals surface area contributed by atoms with Crippen LogP contribution in [0.15, 0.2) is 78.9 Å². The molecule has 2 nitrogen and oxygen atoms in total. The Bertz CT molecular complexity index is 1160. The van der Waals surface area contributed by atoms with Gasteiger partial charge in [-0.25, -0.2) is 0 Å². The zero-order valence-corrected chi connectivity index (χ0v) is 16.4. The van der Waals surface area contributed by atoms with Gasteiger partial charge < -0.3 is 11.1 Å². The Morgan fingerprint density at radius 2 is 1.75 bits per heavy atom. The zero-order chi connectivity index (χ0) is 18.9. The first-order valence-electron chi connectivity index (χ1n) is 9.65. The topological polar surface area (TPSA) is 38.0 Å². The molecule has 1 heterocycles. The average Bonchev–Trinajstić information content (AvgIpc) is 3.14. The van der Waals surface area contributed by atoms with Crippen LogP contribution in [0.5, 0.6) is 0 Å². The predicted molar refractivity (Wildman–Crippen MR) is 121 cm³/mol. The molecule has 0 radical (unpaired) electrons. The van der Waals surface area contributed by atoms with Crippen LogP contribution in [0.4, 0.5) is 5.69 Å². The molecule has 0 saturated heterocycles. The molecule has 0 fully saturated rings. The lowest BCUT2D eigenvalue weighted by molar-refractivity contribution is 0.819. The van der Waals surface area contributed by atoms with E-state index in [-0.39, 0.29) is 6.04 Å². The summed E-state index contributed by atoms with van der Waals surface area (Å²) in [5.74, 6) is 0. The van der Waals surface area contributed by atoms with Gasteiger partial charge in [0.1, 0.15) is 0 Å². The van der Waals surface area contributed by atoms with Crippen molar-refractivity contribution >= 4 is 38.8 Å². The van der Waals surface area contributed by atoms with E-state index in [9.17, 15) is 0 Å². The van der Waals surface area contributed by atoms with Gasteiger partial charge in [0.25, 0.3) is 0 Å². The third kappa shape index (κ3) is 3.13. The number of fused-ring (bicyclic) bond motifs is 3. The van der Waals surface area contributed by atoms with E-state index in [4.69, 9.17) is 5.73 Å². The zero-order valence-electron chi connectivity index (χ0n) is 15.6. The van der Waals surface area contributed by atoms with Crippen LogP contribution in [0, 0.1) is 0 Å². The fourth-order valence-electron chi connectivity index (χ4n) is 4.00. The lowest BCUT2D eigenvalue weighted by Gasteiger charge is -2.26. The standard InChI is InChI=1S/C25H22N2S/c26-16-17-7-6-10-20(13-17)27-23-15-19(18-8-2-1-3-9-18)14-22-21-11-4-5-12-24(21)28-25(22)23/h1-14,23,27H,15-16,26H2. The van der Waals surface area contributed by atoms with Crippen molar-refractivity contribution in [2.45, 2.75) is 19.0 Å². The van der Waals surface area contributed by atoms with Gasteiger partial charge in [-0.1, -0.05) is 60.7 Å². The highest BCUT2D eigenvalue weighted by Gasteiger charge is 2.26. The lowest BCUT2D eigenvalue weighted by atomic mass is 9.88. The average molecular weight is 383 g/mol. The van der Waals surface area contributed by atoms with E-state index in [2.05, 4.69) is 90.3 Å². The number of thiophene rings is 1. The van der Waals surface area contributed by atoms with Crippen molar-refractivity contribution in [1.29, 1.82) is 0 Å². The minimum Gasteiger partial charge on any atom is -0.377 e. The van der Waals surface area contributed by atoms with Crippen molar-refractivity contribution in [2.75, 3.05) is 5.32 Å². The molecular formula is C25H22N2S. The second kappa shape index (κ2) is 7.27. The molecule has 0 bridgehead atoms. The van der Waals surface area contributed by atoms with Crippen LogP contribution < -0.4 is 11.1 Å². The number of benzene rings is 3. The maximum Gasteiger partial charge on any atom is 0.0653 e. The van der Waals surface area contributed by atoms with Gasteiger partial charge in [-0.15, -0.1) is 11.3 Å². The summed E-state index contributed by atoms with van der Waals surface area (Å²) in [6, 6.07) is 28.1. The molecule has 28 heavy (non-hydrogen) atoms. The third-order valence-corrected chi connectivity index (χ3v) is 6.67. The molecule has 1 atom stereocenters. The molecule has 1 aromatic heterocycles. The van der Waals surface area contributed by atoms with Crippen molar-refractivity contribution in [1.82, 2.24) is 0 Å². The largest absolute Gasteiger partial charge is 0.377 e. The van der Waals surface area contributed by atoms with Gasteiger partial charge in [0.05, 0.1) is 6.04 Å². The summed E-state index contributed by atoms with van der Waals surface area (Å²) < 4.78 is 1.35. The van der Waals surface area contributed by atoms with E-state index in [1.165, 1.54) is 31.7 Å². The highest BCUT2D eigenvalue weighted by atomic mass is 32.1. The molecule has 3 N–H and O–H groups in total. The molecule has 4 aromatic rings. The van der Waals surface area contributed by atoms with Gasteiger partial charge in [0.2, 0.25) is 0 Å². The van der Waals surface area contributed by atoms with Crippen LogP contribution >= 0.6 is 11.3 Å². The second-order valence-electron chi connectivity index (χ2n) is 7.22. The molecule has 0 aliphatic heterocycles. The van der Waals surface area contributed by atoms with Crippen LogP contribution in [-0.4, -0.2) is 0 Å². The van der Waals surface area contributed by atoms with E-state index >= 15 is 0 Å². The van der Waals surface area contributed by atoms with E-state index < -0.39 is 0 Å². The molecule has 1 aliphatic carbocycles. The first-order valence-corrected chi connectivity index (χ1v) is 10.5. The maximum absolute atomic E-state index is 5.84. The molecule has 3 aromatic carbocycles. The van der Waals surface area contributed by atoms with Crippen molar-refractivity contribution in [3.8, 4) is 0 Å². The van der Waals surface area contributed by atoms with E-state index in [0.29, 0.717) is 6.54 Å². The monoisotopic (exact) mass is 382 g/mol. The number of anilines is 1. The molecule has 0 spiro atoms. The molecule has 138 valence electrons. The highest BCUT2D eigenvalue weighted by Crippen LogP contribution is 2.45. The number of nitrogens with two attached hydrogens (primary N) is 1. The van der Waals surface area contributed by atoms with Crippen molar-refractivity contribution in [3.05, 3.63) is 100 Å². The maximum atomic E-state index is 5.84. The van der Waals surface area contributed by atoms with Crippen LogP contribution in [-0.2, 0) is 6.54 Å². The molecular weight excluding hydrogens is 360 g/mol. The summed E-state index contributed by atoms with van der Waals surface area (Å²) in [5, 5.41) is 5.13. The number of hydrogen-bond acceptors (Lipinski definition) is 3. The summed E-state index contributed by atoms with van der Waals surface area (Å²) in [7, 11) is 0. The Labute approximate surface area is 169 Å². The molecule has 1 aliphatic rings. The Morgan fingerprint density at radius 1 is 0.929 bits per heavy atom. The smallest absolute Gasteiger partial charge is 0.0653 e. The summed E-state index contributed by atoms with van der Waals surface area (Å²) in [6.07, 6.45) is 3.36. The number of nitrogens with one attached hydrogen (secondary N) is 1. The summed E-state index contributed by atoms with van der Waals surface area (Å²) in [5.41, 5.74) is 12.2. The summed E-state index contributed by atoms with van der Waals surface area (Å²) in [6.45, 7) is 0.559. The third-order valence-electron chi connectivity index (χ3n) is 5.37. The summed E-state index contributed by atoms with van der Waals surface area (Å²) in [4.78, 5) is 1.42. The second-order valence-corrected chi connectivity index (χ2v) is 8.30. The molecule has 5 rings (SSSR count). The Balaban J connectivity index is 1.61. The Hall–Kier alpha value is -2.88. The SMILES string of the molecule is NCc1cccc(NC2CC(c3ccccc3)=Cc3c2sc2ccccc32)c1. The van der Waals surface area contributed by atoms with Gasteiger partial charge in [-0.3, -0.25) is 0 Å². The Kier molecular flexibility index (Phi) is 4.47. The molecule has 3 heteroatoms. The van der Waals surface area contributed by atoms with Gasteiger partial charge in [-0.2, -0.15) is 0 Å². The van der Waals surface area contributed by atoms with Crippen LogP contribution in [0.3, 0.4) is 0 Å².